The van der Waals surface area contributed by atoms with E-state index in [1.54, 1.807) is 12.1 Å². The van der Waals surface area contributed by atoms with Crippen molar-refractivity contribution in [1.29, 1.82) is 5.26 Å². The Bertz CT molecular complexity index is 873. The van der Waals surface area contributed by atoms with Crippen LogP contribution in [0.1, 0.15) is 43.0 Å². The summed E-state index contributed by atoms with van der Waals surface area (Å²) in [7, 11) is 0. The van der Waals surface area contributed by atoms with Gasteiger partial charge >= 0.3 is 5.97 Å². The van der Waals surface area contributed by atoms with Crippen molar-refractivity contribution in [2.24, 2.45) is 4.99 Å². The van der Waals surface area contributed by atoms with Crippen LogP contribution in [0.25, 0.3) is 0 Å². The van der Waals surface area contributed by atoms with E-state index < -0.39 is 17.3 Å². The molecule has 0 aliphatic carbocycles. The number of hydrogen-bond acceptors (Lipinski definition) is 7. The molecule has 9 heteroatoms. The number of carbonyl (C=O) groups is 3. The molecule has 1 saturated heterocycles. The zero-order valence-corrected chi connectivity index (χ0v) is 16.9. The predicted octanol–water partition coefficient (Wildman–Crippen LogP) is 2.57. The van der Waals surface area contributed by atoms with Crippen LogP contribution < -0.4 is 5.32 Å². The number of ether oxygens (including phenoxy) is 1. The van der Waals surface area contributed by atoms with Gasteiger partial charge in [0.1, 0.15) is 11.3 Å². The lowest BCUT2D eigenvalue weighted by atomic mass is 10.1. The van der Waals surface area contributed by atoms with Crippen molar-refractivity contribution < 1.29 is 19.1 Å². The summed E-state index contributed by atoms with van der Waals surface area (Å²) in [5.74, 6) is -1.26. The number of likely N-dealkylation sites (tertiary alicyclic amines) is 1. The maximum Gasteiger partial charge on any atom is 0.339 e. The lowest BCUT2D eigenvalue weighted by Crippen LogP contribution is -2.33. The third-order valence-electron chi connectivity index (χ3n) is 4.57. The number of esters is 1. The summed E-state index contributed by atoms with van der Waals surface area (Å²) < 4.78 is 4.96. The maximum atomic E-state index is 12.4. The van der Waals surface area contributed by atoms with Crippen LogP contribution in [-0.4, -0.2) is 52.3 Å². The fourth-order valence-corrected chi connectivity index (χ4v) is 4.21. The molecule has 1 N–H and O–H groups in total. The van der Waals surface area contributed by atoms with Crippen LogP contribution in [-0.2, 0) is 14.3 Å². The third kappa shape index (κ3) is 5.57. The first-order valence-corrected chi connectivity index (χ1v) is 10.4. The minimum Gasteiger partial charge on any atom is -0.444 e. The van der Waals surface area contributed by atoms with Crippen molar-refractivity contribution in [3.8, 4) is 6.07 Å². The number of benzene rings is 1. The van der Waals surface area contributed by atoms with E-state index in [-0.39, 0.29) is 23.8 Å². The molecule has 8 nitrogen and oxygen atoms in total. The summed E-state index contributed by atoms with van der Waals surface area (Å²) in [4.78, 5) is 42.8. The molecule has 2 heterocycles. The molecular weight excluding hydrogens is 392 g/mol. The number of nitrogens with zero attached hydrogens (tertiary/aromatic N) is 3. The maximum absolute atomic E-state index is 12.4. The van der Waals surface area contributed by atoms with Crippen molar-refractivity contribution in [2.45, 2.75) is 44.0 Å². The summed E-state index contributed by atoms with van der Waals surface area (Å²) in [6, 6.07) is 8.09. The van der Waals surface area contributed by atoms with E-state index in [0.717, 1.165) is 25.9 Å². The molecule has 2 aliphatic heterocycles. The Kier molecular flexibility index (Phi) is 6.88. The molecule has 0 radical (unpaired) electrons. The highest BCUT2D eigenvalue weighted by Gasteiger charge is 2.33. The number of thioether (sulfide) groups is 1. The van der Waals surface area contributed by atoms with Gasteiger partial charge in [-0.25, -0.2) is 4.79 Å². The predicted molar refractivity (Wildman–Crippen MR) is 109 cm³/mol. The van der Waals surface area contributed by atoms with Gasteiger partial charge in [0.05, 0.1) is 5.56 Å². The average molecular weight is 414 g/mol. The number of amidine groups is 1. The number of aliphatic imine (C=N–C) groups is 1. The van der Waals surface area contributed by atoms with Gasteiger partial charge in [0, 0.05) is 25.2 Å². The first kappa shape index (κ1) is 20.9. The molecule has 3 rings (SSSR count). The molecule has 152 valence electrons. The Morgan fingerprint density at radius 3 is 2.86 bits per heavy atom. The Morgan fingerprint density at radius 2 is 2.14 bits per heavy atom. The number of rotatable bonds is 5. The molecule has 2 aliphatic rings. The second-order valence-electron chi connectivity index (χ2n) is 6.90. The van der Waals surface area contributed by atoms with Crippen molar-refractivity contribution in [2.75, 3.05) is 18.4 Å². The van der Waals surface area contributed by atoms with E-state index in [1.165, 1.54) is 37.2 Å². The molecule has 1 aromatic carbocycles. The van der Waals surface area contributed by atoms with Gasteiger partial charge in [-0.2, -0.15) is 10.3 Å². The smallest absolute Gasteiger partial charge is 0.339 e. The van der Waals surface area contributed by atoms with Crippen LogP contribution in [0.3, 0.4) is 0 Å². The zero-order chi connectivity index (χ0) is 20.8. The molecule has 0 saturated carbocycles. The second-order valence-corrected chi connectivity index (χ2v) is 8.07. The van der Waals surface area contributed by atoms with Crippen LogP contribution in [0.5, 0.6) is 0 Å². The summed E-state index contributed by atoms with van der Waals surface area (Å²) in [6.45, 7) is 3.26. The van der Waals surface area contributed by atoms with Gasteiger partial charge in [-0.3, -0.25) is 9.59 Å². The van der Waals surface area contributed by atoms with Crippen LogP contribution in [0.2, 0.25) is 0 Å². The Labute approximate surface area is 173 Å². The SMILES string of the molecule is C[C@H](C#N)OC(=O)c1cccc(NC(=O)C[C@H]2SC(N3CCCCC3)=NC2=O)c1. The van der Waals surface area contributed by atoms with E-state index in [2.05, 4.69) is 15.2 Å². The zero-order valence-electron chi connectivity index (χ0n) is 16.1. The quantitative estimate of drug-likeness (QED) is 0.737. The highest BCUT2D eigenvalue weighted by Crippen LogP contribution is 2.29. The van der Waals surface area contributed by atoms with Crippen LogP contribution in [0, 0.1) is 11.3 Å². The fraction of sp³-hybridized carbons (Fsp3) is 0.450. The number of amides is 2. The van der Waals surface area contributed by atoms with Crippen molar-refractivity contribution in [1.82, 2.24) is 4.90 Å². The van der Waals surface area contributed by atoms with E-state index in [0.29, 0.717) is 10.9 Å². The molecule has 1 aromatic rings. The van der Waals surface area contributed by atoms with Gasteiger partial charge in [0.15, 0.2) is 11.3 Å². The summed E-state index contributed by atoms with van der Waals surface area (Å²) in [5.41, 5.74) is 0.647. The molecule has 1 fully saturated rings. The number of nitriles is 1. The van der Waals surface area contributed by atoms with Crippen molar-refractivity contribution in [3.05, 3.63) is 29.8 Å². The largest absolute Gasteiger partial charge is 0.444 e. The van der Waals surface area contributed by atoms with E-state index >= 15 is 0 Å². The van der Waals surface area contributed by atoms with Crippen LogP contribution >= 0.6 is 11.8 Å². The van der Waals surface area contributed by atoms with E-state index in [1.807, 2.05) is 6.07 Å². The monoisotopic (exact) mass is 414 g/mol. The van der Waals surface area contributed by atoms with Gasteiger partial charge in [0.25, 0.3) is 5.91 Å². The Balaban J connectivity index is 1.55. The average Bonchev–Trinajstić information content (AvgIpc) is 3.08. The normalized spacial score (nSPS) is 19.9. The number of piperidine rings is 1. The van der Waals surface area contributed by atoms with Crippen molar-refractivity contribution >= 4 is 40.4 Å². The van der Waals surface area contributed by atoms with Gasteiger partial charge in [-0.15, -0.1) is 0 Å². The van der Waals surface area contributed by atoms with E-state index in [4.69, 9.17) is 10.00 Å². The molecule has 2 atom stereocenters. The van der Waals surface area contributed by atoms with Gasteiger partial charge in [0.2, 0.25) is 5.91 Å². The Morgan fingerprint density at radius 1 is 1.38 bits per heavy atom. The van der Waals surface area contributed by atoms with Crippen molar-refractivity contribution in [3.63, 3.8) is 0 Å². The molecule has 0 aromatic heterocycles. The minimum atomic E-state index is -0.861. The summed E-state index contributed by atoms with van der Waals surface area (Å²) in [6.07, 6.45) is 2.51. The molecule has 0 unspecified atom stereocenters. The number of carbonyl (C=O) groups excluding carboxylic acids is 3. The molecule has 0 spiro atoms. The lowest BCUT2D eigenvalue weighted by molar-refractivity contribution is -0.121. The first-order chi connectivity index (χ1) is 14.0. The highest BCUT2D eigenvalue weighted by atomic mass is 32.2. The minimum absolute atomic E-state index is 0.00444. The standard InChI is InChI=1S/C20H22N4O4S/c1-13(12-21)28-19(27)14-6-5-7-15(10-14)22-17(25)11-16-18(26)23-20(29-16)24-8-3-2-4-9-24/h5-7,10,13,16H,2-4,8-9,11H2,1H3,(H,22,25)/t13-,16-/m1/s1. The second kappa shape index (κ2) is 9.56. The number of hydrogen-bond donors (Lipinski definition) is 1. The van der Waals surface area contributed by atoms with Crippen LogP contribution in [0.4, 0.5) is 5.69 Å². The number of nitrogens with one attached hydrogen (secondary N) is 1. The molecule has 29 heavy (non-hydrogen) atoms. The van der Waals surface area contributed by atoms with Crippen LogP contribution in [0.15, 0.2) is 29.3 Å². The fourth-order valence-electron chi connectivity index (χ4n) is 3.09. The lowest BCUT2D eigenvalue weighted by Gasteiger charge is -2.27. The summed E-state index contributed by atoms with van der Waals surface area (Å²) >= 11 is 1.34. The third-order valence-corrected chi connectivity index (χ3v) is 5.79. The van der Waals surface area contributed by atoms with Gasteiger partial charge in [-0.1, -0.05) is 17.8 Å². The topological polar surface area (TPSA) is 112 Å². The number of anilines is 1. The van der Waals surface area contributed by atoms with E-state index in [9.17, 15) is 14.4 Å². The highest BCUT2D eigenvalue weighted by molar-refractivity contribution is 8.15. The molecule has 0 bridgehead atoms. The molecular formula is C20H22N4O4S. The molecule has 2 amide bonds. The first-order valence-electron chi connectivity index (χ1n) is 9.51. The van der Waals surface area contributed by atoms with Gasteiger partial charge in [-0.05, 0) is 44.4 Å². The summed E-state index contributed by atoms with van der Waals surface area (Å²) in [5, 5.41) is 11.6. The Hall–Kier alpha value is -2.86. The van der Waals surface area contributed by atoms with Gasteiger partial charge < -0.3 is 15.0 Å².